The minimum atomic E-state index is -0.353. The summed E-state index contributed by atoms with van der Waals surface area (Å²) >= 11 is 0. The first kappa shape index (κ1) is 12.0. The molecular formula is C12H11FN4O. The molecule has 2 rings (SSSR count). The van der Waals surface area contributed by atoms with E-state index in [0.717, 1.165) is 0 Å². The number of amides is 1. The maximum absolute atomic E-state index is 12.6. The van der Waals surface area contributed by atoms with Crippen molar-refractivity contribution in [3.63, 3.8) is 0 Å². The maximum Gasteiger partial charge on any atom is 0.289 e. The summed E-state index contributed by atoms with van der Waals surface area (Å²) in [5, 5.41) is 7.66. The molecule has 1 heterocycles. The molecule has 0 aliphatic carbocycles. The number of hydrogen-bond donors (Lipinski definition) is 1. The van der Waals surface area contributed by atoms with Gasteiger partial charge in [-0.3, -0.25) is 9.48 Å². The van der Waals surface area contributed by atoms with E-state index in [0.29, 0.717) is 11.3 Å². The zero-order chi connectivity index (χ0) is 13.0. The van der Waals surface area contributed by atoms with Crippen LogP contribution in [-0.2, 0) is 7.05 Å². The Hall–Kier alpha value is -2.50. The Balaban J connectivity index is 1.98. The minimum Gasteiger partial charge on any atom is -0.266 e. The van der Waals surface area contributed by atoms with E-state index < -0.39 is 0 Å². The molecule has 0 atom stereocenters. The molecule has 0 unspecified atom stereocenters. The summed E-state index contributed by atoms with van der Waals surface area (Å²) in [6, 6.07) is 7.36. The van der Waals surface area contributed by atoms with Crippen LogP contribution in [0.2, 0.25) is 0 Å². The monoisotopic (exact) mass is 246 g/mol. The molecular weight excluding hydrogens is 235 g/mol. The number of benzene rings is 1. The van der Waals surface area contributed by atoms with E-state index in [1.54, 1.807) is 25.2 Å². The van der Waals surface area contributed by atoms with Crippen molar-refractivity contribution >= 4 is 12.1 Å². The molecule has 0 aliphatic rings. The van der Waals surface area contributed by atoms with Crippen molar-refractivity contribution in [2.45, 2.75) is 0 Å². The van der Waals surface area contributed by atoms with Crippen molar-refractivity contribution in [1.82, 2.24) is 15.2 Å². The molecule has 1 amide bonds. The molecule has 0 fully saturated rings. The summed E-state index contributed by atoms with van der Waals surface area (Å²) in [6.45, 7) is 0. The van der Waals surface area contributed by atoms with Gasteiger partial charge in [0, 0.05) is 13.2 Å². The van der Waals surface area contributed by atoms with Crippen LogP contribution < -0.4 is 5.43 Å². The van der Waals surface area contributed by atoms with Crippen molar-refractivity contribution in [2.24, 2.45) is 12.1 Å². The summed E-state index contributed by atoms with van der Waals surface area (Å²) in [5.41, 5.74) is 3.47. The van der Waals surface area contributed by atoms with Crippen molar-refractivity contribution in [2.75, 3.05) is 0 Å². The molecule has 1 aromatic heterocycles. The smallest absolute Gasteiger partial charge is 0.266 e. The van der Waals surface area contributed by atoms with Crippen LogP contribution in [0.4, 0.5) is 4.39 Å². The van der Waals surface area contributed by atoms with Gasteiger partial charge in [-0.05, 0) is 23.8 Å². The Morgan fingerprint density at radius 1 is 1.39 bits per heavy atom. The fourth-order valence-corrected chi connectivity index (χ4v) is 1.37. The zero-order valence-electron chi connectivity index (χ0n) is 9.67. The predicted molar refractivity (Wildman–Crippen MR) is 64.7 cm³/mol. The number of carbonyl (C=O) groups excluding carboxylic acids is 1. The van der Waals surface area contributed by atoms with Crippen LogP contribution in [0.1, 0.15) is 16.1 Å². The summed E-state index contributed by atoms with van der Waals surface area (Å²) in [4.78, 5) is 11.6. The summed E-state index contributed by atoms with van der Waals surface area (Å²) in [6.07, 6.45) is 2.96. The number of aryl methyl sites for hydroxylation is 1. The first-order valence-electron chi connectivity index (χ1n) is 5.24. The first-order chi connectivity index (χ1) is 8.66. The van der Waals surface area contributed by atoms with Crippen molar-refractivity contribution in [1.29, 1.82) is 0 Å². The van der Waals surface area contributed by atoms with Crippen molar-refractivity contribution < 1.29 is 9.18 Å². The second kappa shape index (κ2) is 5.22. The molecule has 6 heteroatoms. The highest BCUT2D eigenvalue weighted by Gasteiger charge is 2.07. The number of halogens is 1. The third-order valence-electron chi connectivity index (χ3n) is 2.30. The molecule has 1 aromatic carbocycles. The molecule has 5 nitrogen and oxygen atoms in total. The average molecular weight is 246 g/mol. The number of hydrazone groups is 1. The fourth-order valence-electron chi connectivity index (χ4n) is 1.37. The average Bonchev–Trinajstić information content (AvgIpc) is 2.78. The van der Waals surface area contributed by atoms with Crippen LogP contribution in [0.3, 0.4) is 0 Å². The number of aromatic nitrogens is 2. The van der Waals surface area contributed by atoms with Gasteiger partial charge in [0.25, 0.3) is 5.91 Å². The predicted octanol–water partition coefficient (Wildman–Crippen LogP) is 1.32. The largest absolute Gasteiger partial charge is 0.289 e. The van der Waals surface area contributed by atoms with E-state index in [4.69, 9.17) is 0 Å². The highest BCUT2D eigenvalue weighted by atomic mass is 19.1. The van der Waals surface area contributed by atoms with Gasteiger partial charge in [-0.25, -0.2) is 9.82 Å². The second-order valence-electron chi connectivity index (χ2n) is 3.59. The van der Waals surface area contributed by atoms with Gasteiger partial charge in [0.15, 0.2) is 0 Å². The number of hydrogen-bond acceptors (Lipinski definition) is 3. The van der Waals surface area contributed by atoms with Crippen LogP contribution in [0.15, 0.2) is 41.6 Å². The SMILES string of the molecule is Cn1nccc1C(=O)N/N=C\c1ccc(F)cc1. The van der Waals surface area contributed by atoms with Crippen LogP contribution in [0, 0.1) is 5.82 Å². The highest BCUT2D eigenvalue weighted by Crippen LogP contribution is 2.00. The molecule has 0 spiro atoms. The molecule has 0 saturated heterocycles. The first-order valence-corrected chi connectivity index (χ1v) is 5.24. The van der Waals surface area contributed by atoms with Crippen molar-refractivity contribution in [3.05, 3.63) is 53.6 Å². The molecule has 0 bridgehead atoms. The van der Waals surface area contributed by atoms with Gasteiger partial charge in [-0.15, -0.1) is 0 Å². The Morgan fingerprint density at radius 2 is 2.11 bits per heavy atom. The van der Waals surface area contributed by atoms with Gasteiger partial charge in [0.1, 0.15) is 11.5 Å². The lowest BCUT2D eigenvalue weighted by molar-refractivity contribution is 0.0945. The minimum absolute atomic E-state index is 0.314. The van der Waals surface area contributed by atoms with Crippen LogP contribution in [0.25, 0.3) is 0 Å². The zero-order valence-corrected chi connectivity index (χ0v) is 9.67. The van der Waals surface area contributed by atoms with E-state index in [-0.39, 0.29) is 11.7 Å². The number of nitrogens with zero attached hydrogens (tertiary/aromatic N) is 3. The molecule has 18 heavy (non-hydrogen) atoms. The molecule has 2 aromatic rings. The van der Waals surface area contributed by atoms with E-state index in [1.807, 2.05) is 0 Å². The van der Waals surface area contributed by atoms with Crippen molar-refractivity contribution in [3.8, 4) is 0 Å². The topological polar surface area (TPSA) is 59.3 Å². The Labute approximate surface area is 103 Å². The van der Waals surface area contributed by atoms with Gasteiger partial charge in [-0.1, -0.05) is 12.1 Å². The lowest BCUT2D eigenvalue weighted by atomic mass is 10.2. The Bertz CT molecular complexity index is 574. The lowest BCUT2D eigenvalue weighted by Crippen LogP contribution is -2.20. The summed E-state index contributed by atoms with van der Waals surface area (Å²) < 4.78 is 14.1. The van der Waals surface area contributed by atoms with Crippen LogP contribution in [0.5, 0.6) is 0 Å². The second-order valence-corrected chi connectivity index (χ2v) is 3.59. The fraction of sp³-hybridized carbons (Fsp3) is 0.0833. The van der Waals surface area contributed by atoms with Gasteiger partial charge < -0.3 is 0 Å². The van der Waals surface area contributed by atoms with Crippen LogP contribution in [-0.4, -0.2) is 21.9 Å². The van der Waals surface area contributed by atoms with E-state index >= 15 is 0 Å². The number of rotatable bonds is 3. The lowest BCUT2D eigenvalue weighted by Gasteiger charge is -1.99. The summed E-state index contributed by atoms with van der Waals surface area (Å²) in [7, 11) is 1.67. The quantitative estimate of drug-likeness (QED) is 0.656. The normalized spacial score (nSPS) is 10.8. The third-order valence-corrected chi connectivity index (χ3v) is 2.30. The van der Waals surface area contributed by atoms with Gasteiger partial charge in [-0.2, -0.15) is 10.2 Å². The Kier molecular flexibility index (Phi) is 3.47. The van der Waals surface area contributed by atoms with E-state index in [1.165, 1.54) is 29.2 Å². The maximum atomic E-state index is 12.6. The Morgan fingerprint density at radius 3 is 2.72 bits per heavy atom. The standard InChI is InChI=1S/C12H11FN4O/c1-17-11(6-7-15-17)12(18)16-14-8-9-2-4-10(13)5-3-9/h2-8H,1H3,(H,16,18)/b14-8-. The molecule has 92 valence electrons. The van der Waals surface area contributed by atoms with Gasteiger partial charge >= 0.3 is 0 Å². The van der Waals surface area contributed by atoms with Crippen LogP contribution >= 0.6 is 0 Å². The number of carbonyl (C=O) groups is 1. The number of nitrogens with one attached hydrogen (secondary N) is 1. The van der Waals surface area contributed by atoms with E-state index in [2.05, 4.69) is 15.6 Å². The molecule has 1 N–H and O–H groups in total. The molecule has 0 aliphatic heterocycles. The molecule has 0 radical (unpaired) electrons. The van der Waals surface area contributed by atoms with Gasteiger partial charge in [0.2, 0.25) is 0 Å². The third kappa shape index (κ3) is 2.79. The van der Waals surface area contributed by atoms with E-state index in [9.17, 15) is 9.18 Å². The summed E-state index contributed by atoms with van der Waals surface area (Å²) in [5.74, 6) is -0.667. The van der Waals surface area contributed by atoms with Gasteiger partial charge in [0.05, 0.1) is 6.21 Å². The molecule has 0 saturated carbocycles. The highest BCUT2D eigenvalue weighted by molar-refractivity contribution is 5.93.